The molecular weight excluding hydrogens is 338 g/mol. The molecule has 0 atom stereocenters. The molecule has 5 nitrogen and oxygen atoms in total. The minimum absolute atomic E-state index is 0.163. The molecule has 5 heteroatoms. The number of hydrogen-bond donors (Lipinski definition) is 1. The van der Waals surface area contributed by atoms with E-state index in [1.165, 1.54) is 11.1 Å². The second-order valence-electron chi connectivity index (χ2n) is 6.69. The Morgan fingerprint density at radius 2 is 1.93 bits per heavy atom. The summed E-state index contributed by atoms with van der Waals surface area (Å²) in [7, 11) is 3.51. The topological polar surface area (TPSA) is 56.1 Å². The Hall–Kier alpha value is -3.08. The average molecular weight is 363 g/mol. The zero-order valence-electron chi connectivity index (χ0n) is 16.2. The van der Waals surface area contributed by atoms with Crippen LogP contribution in [0.1, 0.15) is 27.2 Å². The molecule has 0 saturated carbocycles. The van der Waals surface area contributed by atoms with Crippen molar-refractivity contribution in [1.82, 2.24) is 15.1 Å². The predicted octanol–water partition coefficient (Wildman–Crippen LogP) is 3.69. The van der Waals surface area contributed by atoms with Gasteiger partial charge in [0.25, 0.3) is 5.91 Å². The Morgan fingerprint density at radius 3 is 2.67 bits per heavy atom. The van der Waals surface area contributed by atoms with Crippen LogP contribution in [0.15, 0.2) is 48.5 Å². The smallest absolute Gasteiger partial charge is 0.271 e. The predicted molar refractivity (Wildman–Crippen MR) is 107 cm³/mol. The molecule has 0 aliphatic heterocycles. The number of hydrogen-bond acceptors (Lipinski definition) is 3. The van der Waals surface area contributed by atoms with Crippen LogP contribution in [0.2, 0.25) is 0 Å². The molecule has 1 heterocycles. The van der Waals surface area contributed by atoms with Crippen LogP contribution < -0.4 is 10.1 Å². The third kappa shape index (κ3) is 4.37. The first-order chi connectivity index (χ1) is 13.0. The first kappa shape index (κ1) is 18.7. The maximum atomic E-state index is 12.5. The molecule has 0 saturated heterocycles. The summed E-state index contributed by atoms with van der Waals surface area (Å²) < 4.78 is 6.98. The first-order valence-electron chi connectivity index (χ1n) is 9.00. The van der Waals surface area contributed by atoms with Crippen molar-refractivity contribution >= 4 is 5.91 Å². The molecular formula is C22H25N3O2. The summed E-state index contributed by atoms with van der Waals surface area (Å²) in [5.74, 6) is 0.658. The monoisotopic (exact) mass is 363 g/mol. The summed E-state index contributed by atoms with van der Waals surface area (Å²) in [5.41, 5.74) is 6.00. The van der Waals surface area contributed by atoms with Crippen molar-refractivity contribution < 1.29 is 9.53 Å². The summed E-state index contributed by atoms with van der Waals surface area (Å²) >= 11 is 0. The first-order valence-corrected chi connectivity index (χ1v) is 9.00. The molecule has 0 fully saturated rings. The molecule has 2 aromatic carbocycles. The fourth-order valence-corrected chi connectivity index (χ4v) is 2.99. The van der Waals surface area contributed by atoms with Crippen LogP contribution in [0.25, 0.3) is 11.3 Å². The Kier molecular flexibility index (Phi) is 5.60. The quantitative estimate of drug-likeness (QED) is 0.727. The van der Waals surface area contributed by atoms with Gasteiger partial charge in [0.05, 0.1) is 12.8 Å². The summed E-state index contributed by atoms with van der Waals surface area (Å²) in [6.07, 6.45) is 0.736. The van der Waals surface area contributed by atoms with Crippen molar-refractivity contribution in [3.05, 3.63) is 70.9 Å². The Bertz CT molecular complexity index is 960. The van der Waals surface area contributed by atoms with E-state index in [-0.39, 0.29) is 5.91 Å². The molecule has 1 N–H and O–H groups in total. The highest BCUT2D eigenvalue weighted by Gasteiger charge is 2.14. The minimum Gasteiger partial charge on any atom is -0.497 e. The molecule has 0 unspecified atom stereocenters. The lowest BCUT2D eigenvalue weighted by atomic mass is 10.0. The van der Waals surface area contributed by atoms with Crippen LogP contribution >= 0.6 is 0 Å². The van der Waals surface area contributed by atoms with Crippen molar-refractivity contribution in [2.45, 2.75) is 20.3 Å². The molecule has 0 aliphatic rings. The van der Waals surface area contributed by atoms with E-state index in [1.807, 2.05) is 37.4 Å². The maximum Gasteiger partial charge on any atom is 0.271 e. The van der Waals surface area contributed by atoms with Gasteiger partial charge in [-0.15, -0.1) is 0 Å². The van der Waals surface area contributed by atoms with Gasteiger partial charge < -0.3 is 10.1 Å². The number of amides is 1. The van der Waals surface area contributed by atoms with Gasteiger partial charge >= 0.3 is 0 Å². The number of benzene rings is 2. The molecule has 1 amide bonds. The lowest BCUT2D eigenvalue weighted by Crippen LogP contribution is -2.26. The molecule has 0 bridgehead atoms. The van der Waals surface area contributed by atoms with Gasteiger partial charge in [-0.2, -0.15) is 5.10 Å². The van der Waals surface area contributed by atoms with Gasteiger partial charge in [0.15, 0.2) is 5.69 Å². The van der Waals surface area contributed by atoms with Crippen LogP contribution in [-0.2, 0) is 13.5 Å². The van der Waals surface area contributed by atoms with Crippen molar-refractivity contribution in [3.63, 3.8) is 0 Å². The van der Waals surface area contributed by atoms with Gasteiger partial charge in [0.2, 0.25) is 0 Å². The van der Waals surface area contributed by atoms with Gasteiger partial charge in [-0.1, -0.05) is 24.3 Å². The molecule has 0 radical (unpaired) electrons. The van der Waals surface area contributed by atoms with E-state index in [4.69, 9.17) is 4.74 Å². The number of nitrogens with zero attached hydrogens (tertiary/aromatic N) is 2. The molecule has 1 aromatic heterocycles. The summed E-state index contributed by atoms with van der Waals surface area (Å²) in [4.78, 5) is 12.5. The second kappa shape index (κ2) is 8.08. The number of methoxy groups -OCH3 is 1. The minimum atomic E-state index is -0.163. The highest BCUT2D eigenvalue weighted by molar-refractivity contribution is 5.93. The highest BCUT2D eigenvalue weighted by Crippen LogP contribution is 2.22. The van der Waals surface area contributed by atoms with E-state index in [0.29, 0.717) is 12.2 Å². The fraction of sp³-hybridized carbons (Fsp3) is 0.273. The number of carbonyl (C=O) groups is 1. The Labute approximate surface area is 160 Å². The van der Waals surface area contributed by atoms with E-state index in [2.05, 4.69) is 42.5 Å². The van der Waals surface area contributed by atoms with Crippen LogP contribution in [0.4, 0.5) is 0 Å². The van der Waals surface area contributed by atoms with Crippen molar-refractivity contribution in [2.75, 3.05) is 13.7 Å². The molecule has 27 heavy (non-hydrogen) atoms. The van der Waals surface area contributed by atoms with E-state index in [0.717, 1.165) is 29.0 Å². The number of aromatic nitrogens is 2. The summed E-state index contributed by atoms with van der Waals surface area (Å²) in [6.45, 7) is 4.71. The van der Waals surface area contributed by atoms with Gasteiger partial charge in [0, 0.05) is 19.2 Å². The van der Waals surface area contributed by atoms with Gasteiger partial charge in [-0.05, 0) is 61.2 Å². The van der Waals surface area contributed by atoms with Crippen molar-refractivity contribution in [1.29, 1.82) is 0 Å². The third-order valence-corrected chi connectivity index (χ3v) is 4.75. The van der Waals surface area contributed by atoms with Gasteiger partial charge in [0.1, 0.15) is 5.75 Å². The molecule has 3 rings (SSSR count). The van der Waals surface area contributed by atoms with Crippen LogP contribution in [0.5, 0.6) is 5.75 Å². The molecule has 0 aliphatic carbocycles. The van der Waals surface area contributed by atoms with Crippen LogP contribution in [0.3, 0.4) is 0 Å². The second-order valence-corrected chi connectivity index (χ2v) is 6.69. The van der Waals surface area contributed by atoms with E-state index in [1.54, 1.807) is 11.8 Å². The molecule has 140 valence electrons. The summed E-state index contributed by atoms with van der Waals surface area (Å²) in [5, 5.41) is 7.32. The Balaban J connectivity index is 1.66. The van der Waals surface area contributed by atoms with Crippen LogP contribution in [-0.4, -0.2) is 29.3 Å². The van der Waals surface area contributed by atoms with E-state index < -0.39 is 0 Å². The van der Waals surface area contributed by atoms with Gasteiger partial charge in [-0.3, -0.25) is 9.48 Å². The maximum absolute atomic E-state index is 12.5. The number of carbonyl (C=O) groups excluding carboxylic acids is 1. The lowest BCUT2D eigenvalue weighted by molar-refractivity contribution is 0.0948. The zero-order chi connectivity index (χ0) is 19.4. The highest BCUT2D eigenvalue weighted by atomic mass is 16.5. The number of nitrogens with one attached hydrogen (secondary N) is 1. The lowest BCUT2D eigenvalue weighted by Gasteiger charge is -2.05. The standard InChI is InChI=1S/C22H25N3O2/c1-15-8-9-18(12-16(15)2)21-14-20(24-25(21)3)22(26)23-11-10-17-6-5-7-19(13-17)27-4/h5-9,12-14H,10-11H2,1-4H3,(H,23,26). The van der Waals surface area contributed by atoms with Crippen molar-refractivity contribution in [3.8, 4) is 17.0 Å². The van der Waals surface area contributed by atoms with E-state index in [9.17, 15) is 4.79 Å². The number of ether oxygens (including phenoxy) is 1. The number of rotatable bonds is 6. The largest absolute Gasteiger partial charge is 0.497 e. The third-order valence-electron chi connectivity index (χ3n) is 4.75. The zero-order valence-corrected chi connectivity index (χ0v) is 16.2. The average Bonchev–Trinajstić information content (AvgIpc) is 3.06. The molecule has 0 spiro atoms. The Morgan fingerprint density at radius 1 is 1.11 bits per heavy atom. The molecule has 3 aromatic rings. The summed E-state index contributed by atoms with van der Waals surface area (Å²) in [6, 6.07) is 16.0. The normalized spacial score (nSPS) is 10.7. The van der Waals surface area contributed by atoms with Crippen LogP contribution in [0, 0.1) is 13.8 Å². The van der Waals surface area contributed by atoms with E-state index >= 15 is 0 Å². The van der Waals surface area contributed by atoms with Crippen molar-refractivity contribution in [2.24, 2.45) is 7.05 Å². The van der Waals surface area contributed by atoms with Gasteiger partial charge in [-0.25, -0.2) is 0 Å². The SMILES string of the molecule is COc1cccc(CCNC(=O)c2cc(-c3ccc(C)c(C)c3)n(C)n2)c1. The fourth-order valence-electron chi connectivity index (χ4n) is 2.99. The number of aryl methyl sites for hydroxylation is 3.